The molecule has 5 heteroatoms. The van der Waals surface area contributed by atoms with Gasteiger partial charge >= 0.3 is 0 Å². The van der Waals surface area contributed by atoms with Crippen molar-refractivity contribution in [3.8, 4) is 0 Å². The van der Waals surface area contributed by atoms with Gasteiger partial charge in [-0.3, -0.25) is 4.99 Å². The molecule has 0 bridgehead atoms. The summed E-state index contributed by atoms with van der Waals surface area (Å²) in [4.78, 5) is 11.8. The van der Waals surface area contributed by atoms with Crippen LogP contribution < -0.4 is 10.2 Å². The van der Waals surface area contributed by atoms with Crippen molar-refractivity contribution in [2.75, 3.05) is 18.0 Å². The van der Waals surface area contributed by atoms with Gasteiger partial charge in [-0.2, -0.15) is 0 Å². The third kappa shape index (κ3) is 3.61. The fraction of sp³-hybridized carbons (Fsp3) is 0.474. The normalized spacial score (nSPS) is 18.7. The Morgan fingerprint density at radius 2 is 2.08 bits per heavy atom. The molecule has 1 N–H and O–H groups in total. The number of aromatic nitrogens is 1. The van der Waals surface area contributed by atoms with Gasteiger partial charge in [-0.15, -0.1) is 0 Å². The van der Waals surface area contributed by atoms with E-state index in [2.05, 4.69) is 21.3 Å². The van der Waals surface area contributed by atoms with Gasteiger partial charge in [0.15, 0.2) is 11.6 Å². The molecule has 0 unspecified atom stereocenters. The average Bonchev–Trinajstić information content (AvgIpc) is 3.29. The van der Waals surface area contributed by atoms with Crippen LogP contribution in [0.15, 0.2) is 46.1 Å². The summed E-state index contributed by atoms with van der Waals surface area (Å²) >= 11 is 0. The molecular weight excluding hydrogens is 300 g/mol. The molecule has 2 fully saturated rings. The lowest BCUT2D eigenvalue weighted by Gasteiger charge is -2.29. The Hall–Kier alpha value is -2.30. The van der Waals surface area contributed by atoms with E-state index in [-0.39, 0.29) is 0 Å². The lowest BCUT2D eigenvalue weighted by atomic mass is 10.1. The minimum absolute atomic E-state index is 0.546. The number of furan rings is 1. The van der Waals surface area contributed by atoms with Crippen molar-refractivity contribution in [1.29, 1.82) is 0 Å². The average molecular weight is 324 g/mol. The van der Waals surface area contributed by atoms with E-state index in [4.69, 9.17) is 9.41 Å². The number of pyridine rings is 1. The van der Waals surface area contributed by atoms with Crippen LogP contribution in [0.2, 0.25) is 0 Å². The number of aliphatic imine (C=N–C) groups is 1. The number of anilines is 1. The van der Waals surface area contributed by atoms with Gasteiger partial charge < -0.3 is 14.6 Å². The van der Waals surface area contributed by atoms with Crippen LogP contribution in [0.25, 0.3) is 0 Å². The molecule has 0 atom stereocenters. The Morgan fingerprint density at radius 1 is 1.21 bits per heavy atom. The van der Waals surface area contributed by atoms with E-state index in [1.807, 2.05) is 24.4 Å². The maximum atomic E-state index is 5.54. The Bertz CT molecular complexity index is 685. The number of rotatable bonds is 5. The Labute approximate surface area is 142 Å². The molecule has 24 heavy (non-hydrogen) atoms. The highest BCUT2D eigenvalue weighted by Crippen LogP contribution is 2.23. The number of hydrogen-bond donors (Lipinski definition) is 1. The van der Waals surface area contributed by atoms with Crippen LogP contribution in [0, 0.1) is 0 Å². The summed E-state index contributed by atoms with van der Waals surface area (Å²) in [5.74, 6) is 2.76. The molecule has 5 nitrogen and oxygen atoms in total. The fourth-order valence-electron chi connectivity index (χ4n) is 3.14. The van der Waals surface area contributed by atoms with Gasteiger partial charge in [0.05, 0.1) is 12.8 Å². The lowest BCUT2D eigenvalue weighted by Crippen LogP contribution is -2.31. The predicted octanol–water partition coefficient (Wildman–Crippen LogP) is 3.36. The third-order valence-electron chi connectivity index (χ3n) is 4.60. The first-order valence-corrected chi connectivity index (χ1v) is 8.94. The van der Waals surface area contributed by atoms with E-state index >= 15 is 0 Å². The van der Waals surface area contributed by atoms with Gasteiger partial charge in [0.1, 0.15) is 5.82 Å². The van der Waals surface area contributed by atoms with Gasteiger partial charge in [-0.25, -0.2) is 4.98 Å². The van der Waals surface area contributed by atoms with Crippen LogP contribution in [-0.4, -0.2) is 30.0 Å². The zero-order chi connectivity index (χ0) is 16.2. The summed E-state index contributed by atoms with van der Waals surface area (Å²) in [5, 5.41) is 3.48. The molecule has 1 aliphatic carbocycles. The second-order valence-electron chi connectivity index (χ2n) is 6.59. The Morgan fingerprint density at radius 3 is 2.83 bits per heavy atom. The van der Waals surface area contributed by atoms with E-state index in [9.17, 15) is 0 Å². The first-order valence-electron chi connectivity index (χ1n) is 8.94. The van der Waals surface area contributed by atoms with Crippen LogP contribution >= 0.6 is 0 Å². The number of amidine groups is 1. The van der Waals surface area contributed by atoms with Crippen molar-refractivity contribution in [3.63, 3.8) is 0 Å². The van der Waals surface area contributed by atoms with Crippen molar-refractivity contribution in [2.45, 2.75) is 44.7 Å². The van der Waals surface area contributed by atoms with E-state index in [1.54, 1.807) is 6.26 Å². The van der Waals surface area contributed by atoms with Crippen molar-refractivity contribution in [2.24, 2.45) is 4.99 Å². The highest BCUT2D eigenvalue weighted by atomic mass is 16.3. The first kappa shape index (κ1) is 15.2. The number of nitrogens with one attached hydrogen (secondary N) is 1. The number of nitrogens with zero attached hydrogens (tertiary/aromatic N) is 3. The highest BCUT2D eigenvalue weighted by Gasteiger charge is 2.24. The highest BCUT2D eigenvalue weighted by molar-refractivity contribution is 5.96. The number of piperidine rings is 1. The van der Waals surface area contributed by atoms with Crippen LogP contribution in [0.5, 0.6) is 0 Å². The quantitative estimate of drug-likeness (QED) is 0.677. The zero-order valence-corrected chi connectivity index (χ0v) is 13.9. The molecule has 1 aliphatic heterocycles. The second-order valence-corrected chi connectivity index (χ2v) is 6.59. The summed E-state index contributed by atoms with van der Waals surface area (Å²) in [5.41, 5.74) is 1.18. The van der Waals surface area contributed by atoms with Gasteiger partial charge in [0.25, 0.3) is 0 Å². The minimum Gasteiger partial charge on any atom is -0.461 e. The monoisotopic (exact) mass is 324 g/mol. The summed E-state index contributed by atoms with van der Waals surface area (Å²) in [6.07, 6.45) is 9.83. The molecular formula is C19H24N4O. The molecule has 0 amide bonds. The molecule has 2 aromatic heterocycles. The predicted molar refractivity (Wildman–Crippen MR) is 95.4 cm³/mol. The molecule has 0 radical (unpaired) electrons. The second kappa shape index (κ2) is 7.07. The topological polar surface area (TPSA) is 53.7 Å². The van der Waals surface area contributed by atoms with Crippen LogP contribution in [0.1, 0.15) is 43.4 Å². The van der Waals surface area contributed by atoms with Gasteiger partial charge in [-0.1, -0.05) is 6.07 Å². The Kier molecular flexibility index (Phi) is 4.49. The van der Waals surface area contributed by atoms with Crippen LogP contribution in [0.3, 0.4) is 0 Å². The fourth-order valence-corrected chi connectivity index (χ4v) is 3.14. The van der Waals surface area contributed by atoms with Crippen LogP contribution in [0.4, 0.5) is 5.82 Å². The Balaban J connectivity index is 1.55. The van der Waals surface area contributed by atoms with E-state index in [1.165, 1.54) is 37.7 Å². The third-order valence-corrected chi connectivity index (χ3v) is 4.60. The van der Waals surface area contributed by atoms with Crippen molar-refractivity contribution < 1.29 is 4.42 Å². The molecule has 1 saturated heterocycles. The molecule has 4 rings (SSSR count). The van der Waals surface area contributed by atoms with Crippen molar-refractivity contribution in [1.82, 2.24) is 10.3 Å². The van der Waals surface area contributed by atoms with Crippen LogP contribution in [-0.2, 0) is 6.54 Å². The SMILES string of the molecule is c1coc(C(=NCc2cccnc2N2CCCCC2)NC2CC2)c1. The van der Waals surface area contributed by atoms with Gasteiger partial charge in [-0.05, 0) is 50.3 Å². The van der Waals surface area contributed by atoms with Gasteiger partial charge in [0, 0.05) is 30.9 Å². The lowest BCUT2D eigenvalue weighted by molar-refractivity contribution is 0.552. The zero-order valence-electron chi connectivity index (χ0n) is 13.9. The smallest absolute Gasteiger partial charge is 0.168 e. The largest absolute Gasteiger partial charge is 0.461 e. The van der Waals surface area contributed by atoms with Crippen molar-refractivity contribution in [3.05, 3.63) is 48.0 Å². The first-order chi connectivity index (χ1) is 11.9. The maximum Gasteiger partial charge on any atom is 0.168 e. The summed E-state index contributed by atoms with van der Waals surface area (Å²) < 4.78 is 5.54. The molecule has 0 spiro atoms. The molecule has 1 saturated carbocycles. The standard InChI is InChI=1S/C19H24N4O/c1-2-11-23(12-3-1)19-15(6-4-10-20-19)14-21-18(22-16-8-9-16)17-7-5-13-24-17/h4-7,10,13,16H,1-3,8-9,11-12,14H2,(H,21,22). The van der Waals surface area contributed by atoms with E-state index in [0.717, 1.165) is 30.5 Å². The van der Waals surface area contributed by atoms with E-state index < -0.39 is 0 Å². The molecule has 126 valence electrons. The summed E-state index contributed by atoms with van der Waals surface area (Å²) in [7, 11) is 0. The molecule has 0 aromatic carbocycles. The van der Waals surface area contributed by atoms with Gasteiger partial charge in [0.2, 0.25) is 0 Å². The molecule has 3 heterocycles. The molecule has 2 aliphatic rings. The maximum absolute atomic E-state index is 5.54. The molecule has 2 aromatic rings. The minimum atomic E-state index is 0.546. The number of hydrogen-bond acceptors (Lipinski definition) is 4. The summed E-state index contributed by atoms with van der Waals surface area (Å²) in [6.45, 7) is 2.81. The van der Waals surface area contributed by atoms with Crippen molar-refractivity contribution >= 4 is 11.7 Å². The van der Waals surface area contributed by atoms with E-state index in [0.29, 0.717) is 12.6 Å². The summed E-state index contributed by atoms with van der Waals surface area (Å²) in [6, 6.07) is 8.55.